The van der Waals surface area contributed by atoms with Crippen molar-refractivity contribution in [1.82, 2.24) is 24.7 Å². The molecule has 6 nitrogen and oxygen atoms in total. The van der Waals surface area contributed by atoms with Crippen LogP contribution in [0.2, 0.25) is 0 Å². The molecular formula is C12H12N6. The minimum absolute atomic E-state index is 0.647. The third-order valence-corrected chi connectivity index (χ3v) is 2.56. The molecule has 18 heavy (non-hydrogen) atoms. The summed E-state index contributed by atoms with van der Waals surface area (Å²) in [6.45, 7) is 0.687. The summed E-state index contributed by atoms with van der Waals surface area (Å²) in [5.41, 5.74) is 2.55. The Bertz CT molecular complexity index is 675. The quantitative estimate of drug-likeness (QED) is 0.748. The Morgan fingerprint density at radius 3 is 2.94 bits per heavy atom. The van der Waals surface area contributed by atoms with Crippen molar-refractivity contribution in [2.45, 2.75) is 6.54 Å². The number of anilines is 1. The van der Waals surface area contributed by atoms with E-state index < -0.39 is 0 Å². The summed E-state index contributed by atoms with van der Waals surface area (Å²) in [6, 6.07) is 3.80. The third-order valence-electron chi connectivity index (χ3n) is 2.56. The molecule has 0 saturated heterocycles. The first-order valence-corrected chi connectivity index (χ1v) is 5.60. The van der Waals surface area contributed by atoms with Gasteiger partial charge in [0.15, 0.2) is 5.65 Å². The molecule has 3 aromatic heterocycles. The van der Waals surface area contributed by atoms with Crippen LogP contribution in [0.25, 0.3) is 11.2 Å². The second-order valence-corrected chi connectivity index (χ2v) is 3.97. The maximum Gasteiger partial charge on any atom is 0.180 e. The molecule has 0 spiro atoms. The van der Waals surface area contributed by atoms with Gasteiger partial charge in [0.05, 0.1) is 6.20 Å². The first-order chi connectivity index (χ1) is 8.81. The summed E-state index contributed by atoms with van der Waals surface area (Å²) in [7, 11) is 1.90. The zero-order valence-corrected chi connectivity index (χ0v) is 9.91. The molecule has 0 bridgehead atoms. The number of aryl methyl sites for hydroxylation is 1. The number of nitrogens with zero attached hydrogens (tertiary/aromatic N) is 5. The van der Waals surface area contributed by atoms with Crippen LogP contribution in [0.3, 0.4) is 0 Å². The summed E-state index contributed by atoms with van der Waals surface area (Å²) in [4.78, 5) is 12.7. The first-order valence-electron chi connectivity index (χ1n) is 5.60. The standard InChI is InChI=1S/C12H12N6/c1-18-8-9(7-16-18)6-15-11-3-2-10-12(17-11)14-5-4-13-10/h2-5,7-8H,6H2,1H3,(H,14,15,17). The molecule has 0 aliphatic rings. The van der Waals surface area contributed by atoms with Gasteiger partial charge in [-0.25, -0.2) is 9.97 Å². The molecule has 3 rings (SSSR count). The normalized spacial score (nSPS) is 10.7. The van der Waals surface area contributed by atoms with Crippen LogP contribution < -0.4 is 5.32 Å². The predicted molar refractivity (Wildman–Crippen MR) is 67.9 cm³/mol. The van der Waals surface area contributed by atoms with Gasteiger partial charge in [0.25, 0.3) is 0 Å². The van der Waals surface area contributed by atoms with Crippen molar-refractivity contribution in [3.63, 3.8) is 0 Å². The van der Waals surface area contributed by atoms with Gasteiger partial charge in [0.1, 0.15) is 11.3 Å². The van der Waals surface area contributed by atoms with Gasteiger partial charge < -0.3 is 5.32 Å². The van der Waals surface area contributed by atoms with Crippen molar-refractivity contribution in [3.8, 4) is 0 Å². The average Bonchev–Trinajstić information content (AvgIpc) is 2.82. The van der Waals surface area contributed by atoms with E-state index in [1.165, 1.54) is 0 Å². The number of rotatable bonds is 3. The smallest absolute Gasteiger partial charge is 0.180 e. The van der Waals surface area contributed by atoms with Crippen LogP contribution in [0.1, 0.15) is 5.56 Å². The predicted octanol–water partition coefficient (Wildman–Crippen LogP) is 1.37. The Kier molecular flexibility index (Phi) is 2.60. The van der Waals surface area contributed by atoms with Crippen molar-refractivity contribution >= 4 is 17.0 Å². The SMILES string of the molecule is Cn1cc(CNc2ccc3nccnc3n2)cn1. The molecule has 6 heteroatoms. The average molecular weight is 240 g/mol. The molecule has 0 radical (unpaired) electrons. The molecule has 90 valence electrons. The fraction of sp³-hybridized carbons (Fsp3) is 0.167. The molecule has 3 aromatic rings. The van der Waals surface area contributed by atoms with Crippen molar-refractivity contribution in [3.05, 3.63) is 42.5 Å². The summed E-state index contributed by atoms with van der Waals surface area (Å²) in [6.07, 6.45) is 7.09. The van der Waals surface area contributed by atoms with E-state index in [4.69, 9.17) is 0 Å². The molecule has 0 atom stereocenters. The van der Waals surface area contributed by atoms with Gasteiger partial charge in [-0.05, 0) is 12.1 Å². The third kappa shape index (κ3) is 2.13. The highest BCUT2D eigenvalue weighted by atomic mass is 15.2. The fourth-order valence-corrected chi connectivity index (χ4v) is 1.71. The molecule has 0 aliphatic carbocycles. The monoisotopic (exact) mass is 240 g/mol. The molecule has 0 fully saturated rings. The van der Waals surface area contributed by atoms with Crippen LogP contribution in [0.15, 0.2) is 36.9 Å². The van der Waals surface area contributed by atoms with Crippen LogP contribution in [0.5, 0.6) is 0 Å². The summed E-state index contributed by atoms with van der Waals surface area (Å²) >= 11 is 0. The van der Waals surface area contributed by atoms with E-state index in [1.54, 1.807) is 17.1 Å². The van der Waals surface area contributed by atoms with Gasteiger partial charge in [-0.1, -0.05) is 0 Å². The Hall–Kier alpha value is -2.50. The number of hydrogen-bond donors (Lipinski definition) is 1. The Balaban J connectivity index is 1.78. The maximum atomic E-state index is 4.39. The van der Waals surface area contributed by atoms with E-state index in [9.17, 15) is 0 Å². The van der Waals surface area contributed by atoms with Crippen LogP contribution in [0.4, 0.5) is 5.82 Å². The molecule has 3 heterocycles. The van der Waals surface area contributed by atoms with Crippen LogP contribution in [0, 0.1) is 0 Å². The van der Waals surface area contributed by atoms with Crippen molar-refractivity contribution in [2.24, 2.45) is 7.05 Å². The molecule has 0 unspecified atom stereocenters. The summed E-state index contributed by atoms with van der Waals surface area (Å²) < 4.78 is 1.77. The van der Waals surface area contributed by atoms with Gasteiger partial charge in [0, 0.05) is 37.7 Å². The number of pyridine rings is 1. The van der Waals surface area contributed by atoms with Crippen LogP contribution >= 0.6 is 0 Å². The van der Waals surface area contributed by atoms with Crippen molar-refractivity contribution < 1.29 is 0 Å². The zero-order chi connectivity index (χ0) is 12.4. The second kappa shape index (κ2) is 4.40. The van der Waals surface area contributed by atoms with Crippen LogP contribution in [-0.2, 0) is 13.6 Å². The highest BCUT2D eigenvalue weighted by Gasteiger charge is 2.00. The van der Waals surface area contributed by atoms with E-state index in [2.05, 4.69) is 25.4 Å². The van der Waals surface area contributed by atoms with Gasteiger partial charge in [-0.2, -0.15) is 5.10 Å². The summed E-state index contributed by atoms with van der Waals surface area (Å²) in [5.74, 6) is 0.784. The second-order valence-electron chi connectivity index (χ2n) is 3.97. The lowest BCUT2D eigenvalue weighted by Crippen LogP contribution is -2.01. The minimum atomic E-state index is 0.647. The highest BCUT2D eigenvalue weighted by molar-refractivity contribution is 5.71. The first kappa shape index (κ1) is 10.6. The lowest BCUT2D eigenvalue weighted by atomic mass is 10.3. The highest BCUT2D eigenvalue weighted by Crippen LogP contribution is 2.11. The van der Waals surface area contributed by atoms with Gasteiger partial charge in [0.2, 0.25) is 0 Å². The molecule has 0 aromatic carbocycles. The number of nitrogens with one attached hydrogen (secondary N) is 1. The zero-order valence-electron chi connectivity index (χ0n) is 9.91. The van der Waals surface area contributed by atoms with E-state index in [1.807, 2.05) is 31.6 Å². The van der Waals surface area contributed by atoms with E-state index in [0.717, 1.165) is 16.9 Å². The molecule has 0 amide bonds. The van der Waals surface area contributed by atoms with Crippen molar-refractivity contribution in [1.29, 1.82) is 0 Å². The molecular weight excluding hydrogens is 228 g/mol. The van der Waals surface area contributed by atoms with Gasteiger partial charge >= 0.3 is 0 Å². The van der Waals surface area contributed by atoms with Crippen LogP contribution in [-0.4, -0.2) is 24.7 Å². The van der Waals surface area contributed by atoms with Crippen molar-refractivity contribution in [2.75, 3.05) is 5.32 Å². The van der Waals surface area contributed by atoms with E-state index >= 15 is 0 Å². The lowest BCUT2D eigenvalue weighted by molar-refractivity contribution is 0.767. The topological polar surface area (TPSA) is 68.5 Å². The van der Waals surface area contributed by atoms with Gasteiger partial charge in [-0.15, -0.1) is 0 Å². The molecule has 0 saturated carbocycles. The lowest BCUT2D eigenvalue weighted by Gasteiger charge is -2.04. The largest absolute Gasteiger partial charge is 0.366 e. The molecule has 1 N–H and O–H groups in total. The Morgan fingerprint density at radius 2 is 2.11 bits per heavy atom. The van der Waals surface area contributed by atoms with E-state index in [0.29, 0.717) is 12.2 Å². The number of fused-ring (bicyclic) bond motifs is 1. The van der Waals surface area contributed by atoms with Gasteiger partial charge in [-0.3, -0.25) is 9.67 Å². The Morgan fingerprint density at radius 1 is 1.22 bits per heavy atom. The minimum Gasteiger partial charge on any atom is -0.366 e. The summed E-state index contributed by atoms with van der Waals surface area (Å²) in [5, 5.41) is 7.35. The maximum absolute atomic E-state index is 4.39. The van der Waals surface area contributed by atoms with E-state index in [-0.39, 0.29) is 0 Å². The number of aromatic nitrogens is 5. The molecule has 0 aliphatic heterocycles. The Labute approximate surface area is 104 Å². The fourth-order valence-electron chi connectivity index (χ4n) is 1.71. The number of hydrogen-bond acceptors (Lipinski definition) is 5.